The molecule has 1 aliphatic carbocycles. The zero-order valence-corrected chi connectivity index (χ0v) is 11.7. The Morgan fingerprint density at radius 2 is 1.76 bits per heavy atom. The van der Waals surface area contributed by atoms with Gasteiger partial charge >= 0.3 is 0 Å². The van der Waals surface area contributed by atoms with Gasteiger partial charge in [0, 0.05) is 11.5 Å². The van der Waals surface area contributed by atoms with Gasteiger partial charge < -0.3 is 0 Å². The molecule has 0 amide bonds. The predicted octanol–water partition coefficient (Wildman–Crippen LogP) is 3.59. The second-order valence-electron chi connectivity index (χ2n) is 5.48. The molecule has 21 heavy (non-hydrogen) atoms. The lowest BCUT2D eigenvalue weighted by Gasteiger charge is -2.32. The predicted molar refractivity (Wildman–Crippen MR) is 78.5 cm³/mol. The van der Waals surface area contributed by atoms with E-state index in [1.807, 2.05) is 18.2 Å². The third-order valence-electron chi connectivity index (χ3n) is 4.31. The first-order valence-electron chi connectivity index (χ1n) is 7.20. The fourth-order valence-corrected chi connectivity index (χ4v) is 3.35. The van der Waals surface area contributed by atoms with E-state index in [1.54, 1.807) is 0 Å². The molecule has 2 atom stereocenters. The Hall–Kier alpha value is -1.78. The van der Waals surface area contributed by atoms with E-state index in [4.69, 9.17) is 5.84 Å². The van der Waals surface area contributed by atoms with Crippen molar-refractivity contribution in [2.24, 2.45) is 5.84 Å². The molecule has 0 bridgehead atoms. The molecule has 2 aromatic carbocycles. The zero-order valence-electron chi connectivity index (χ0n) is 11.7. The van der Waals surface area contributed by atoms with Crippen LogP contribution in [0.1, 0.15) is 41.5 Å². The van der Waals surface area contributed by atoms with Gasteiger partial charge in [-0.2, -0.15) is 0 Å². The first-order valence-corrected chi connectivity index (χ1v) is 7.20. The van der Waals surface area contributed by atoms with Crippen molar-refractivity contribution in [2.75, 3.05) is 0 Å². The van der Waals surface area contributed by atoms with Crippen molar-refractivity contribution in [1.29, 1.82) is 0 Å². The molecule has 2 aromatic rings. The lowest BCUT2D eigenvalue weighted by atomic mass is 9.77. The van der Waals surface area contributed by atoms with Gasteiger partial charge in [-0.25, -0.2) is 8.78 Å². The van der Waals surface area contributed by atoms with E-state index >= 15 is 0 Å². The highest BCUT2D eigenvalue weighted by atomic mass is 19.1. The van der Waals surface area contributed by atoms with E-state index in [1.165, 1.54) is 23.8 Å². The summed E-state index contributed by atoms with van der Waals surface area (Å²) in [5.74, 6) is 4.52. The van der Waals surface area contributed by atoms with Crippen molar-refractivity contribution in [3.63, 3.8) is 0 Å². The minimum atomic E-state index is -0.562. The highest BCUT2D eigenvalue weighted by molar-refractivity contribution is 5.37. The summed E-state index contributed by atoms with van der Waals surface area (Å²) in [6, 6.07) is 11.4. The average Bonchev–Trinajstić information content (AvgIpc) is 2.51. The Labute approximate surface area is 122 Å². The minimum Gasteiger partial charge on any atom is -0.271 e. The van der Waals surface area contributed by atoms with E-state index in [0.29, 0.717) is 0 Å². The van der Waals surface area contributed by atoms with Crippen molar-refractivity contribution in [3.05, 3.63) is 70.8 Å². The first kappa shape index (κ1) is 14.2. The highest BCUT2D eigenvalue weighted by Crippen LogP contribution is 2.41. The number of halogens is 2. The molecule has 0 saturated heterocycles. The molecule has 3 rings (SSSR count). The third kappa shape index (κ3) is 2.57. The number of nitrogens with one attached hydrogen (secondary N) is 1. The van der Waals surface area contributed by atoms with Crippen LogP contribution in [-0.4, -0.2) is 0 Å². The smallest absolute Gasteiger partial charge is 0.130 e. The molecular weight excluding hydrogens is 270 g/mol. The number of benzene rings is 2. The van der Waals surface area contributed by atoms with Gasteiger partial charge in [0.2, 0.25) is 0 Å². The first-order chi connectivity index (χ1) is 10.2. The normalized spacial score (nSPS) is 19.1. The topological polar surface area (TPSA) is 38.0 Å². The van der Waals surface area contributed by atoms with Crippen molar-refractivity contribution in [2.45, 2.75) is 31.2 Å². The van der Waals surface area contributed by atoms with Gasteiger partial charge in [-0.15, -0.1) is 0 Å². The van der Waals surface area contributed by atoms with E-state index in [9.17, 15) is 8.78 Å². The quantitative estimate of drug-likeness (QED) is 0.669. The Kier molecular flexibility index (Phi) is 3.99. The van der Waals surface area contributed by atoms with Crippen LogP contribution in [0.5, 0.6) is 0 Å². The van der Waals surface area contributed by atoms with Gasteiger partial charge in [0.25, 0.3) is 0 Å². The maximum absolute atomic E-state index is 14.1. The molecule has 4 heteroatoms. The molecule has 0 aliphatic heterocycles. The third-order valence-corrected chi connectivity index (χ3v) is 4.31. The van der Waals surface area contributed by atoms with Crippen LogP contribution in [0.3, 0.4) is 0 Å². The van der Waals surface area contributed by atoms with Gasteiger partial charge in [0.1, 0.15) is 11.6 Å². The van der Waals surface area contributed by atoms with Crippen LogP contribution in [-0.2, 0) is 6.42 Å². The van der Waals surface area contributed by atoms with Crippen LogP contribution in [0, 0.1) is 11.6 Å². The van der Waals surface area contributed by atoms with Crippen LogP contribution >= 0.6 is 0 Å². The summed E-state index contributed by atoms with van der Waals surface area (Å²) in [5, 5.41) is 0. The summed E-state index contributed by atoms with van der Waals surface area (Å²) >= 11 is 0. The van der Waals surface area contributed by atoms with Crippen molar-refractivity contribution >= 4 is 0 Å². The lowest BCUT2D eigenvalue weighted by molar-refractivity contribution is 0.381. The number of hydrogen-bond acceptors (Lipinski definition) is 2. The van der Waals surface area contributed by atoms with E-state index < -0.39 is 17.7 Å². The summed E-state index contributed by atoms with van der Waals surface area (Å²) in [6.07, 6.45) is 2.86. The Bertz CT molecular complexity index is 622. The molecule has 2 nitrogen and oxygen atoms in total. The number of aryl methyl sites for hydroxylation is 1. The standard InChI is InChI=1S/C17H18F2N2/c18-14-9-4-10-15(19)16(14)17(21-20)13-8-3-6-11-5-1-2-7-12(11)13/h1-2,4-5,7,9-10,13,17,21H,3,6,8,20H2. The average molecular weight is 288 g/mol. The Morgan fingerprint density at radius 3 is 2.48 bits per heavy atom. The van der Waals surface area contributed by atoms with Gasteiger partial charge in [-0.05, 0) is 42.5 Å². The molecule has 0 aromatic heterocycles. The highest BCUT2D eigenvalue weighted by Gasteiger charge is 2.31. The minimum absolute atomic E-state index is 0.0219. The monoisotopic (exact) mass is 288 g/mol. The fourth-order valence-electron chi connectivity index (χ4n) is 3.35. The van der Waals surface area contributed by atoms with E-state index in [-0.39, 0.29) is 11.5 Å². The maximum atomic E-state index is 14.1. The van der Waals surface area contributed by atoms with Crippen molar-refractivity contribution in [3.8, 4) is 0 Å². The van der Waals surface area contributed by atoms with E-state index in [2.05, 4.69) is 11.5 Å². The Morgan fingerprint density at radius 1 is 1.05 bits per heavy atom. The molecule has 3 N–H and O–H groups in total. The summed E-state index contributed by atoms with van der Waals surface area (Å²) < 4.78 is 28.2. The summed E-state index contributed by atoms with van der Waals surface area (Å²) in [7, 11) is 0. The number of nitrogens with two attached hydrogens (primary N) is 1. The molecule has 2 unspecified atom stereocenters. The van der Waals surface area contributed by atoms with Gasteiger partial charge in [-0.1, -0.05) is 30.3 Å². The molecule has 0 radical (unpaired) electrons. The van der Waals surface area contributed by atoms with Crippen LogP contribution in [0.25, 0.3) is 0 Å². The molecule has 0 spiro atoms. The van der Waals surface area contributed by atoms with Crippen molar-refractivity contribution < 1.29 is 8.78 Å². The lowest BCUT2D eigenvalue weighted by Crippen LogP contribution is -2.35. The summed E-state index contributed by atoms with van der Waals surface area (Å²) in [6.45, 7) is 0. The summed E-state index contributed by atoms with van der Waals surface area (Å²) in [4.78, 5) is 0. The maximum Gasteiger partial charge on any atom is 0.130 e. The fraction of sp³-hybridized carbons (Fsp3) is 0.294. The van der Waals surface area contributed by atoms with Crippen LogP contribution in [0.2, 0.25) is 0 Å². The van der Waals surface area contributed by atoms with Crippen molar-refractivity contribution in [1.82, 2.24) is 5.43 Å². The molecule has 1 aliphatic rings. The number of fused-ring (bicyclic) bond motifs is 1. The number of hydrazine groups is 1. The van der Waals surface area contributed by atoms with Crippen LogP contribution in [0.15, 0.2) is 42.5 Å². The molecule has 110 valence electrons. The Balaban J connectivity index is 2.06. The number of hydrogen-bond donors (Lipinski definition) is 2. The SMILES string of the molecule is NNC(c1c(F)cccc1F)C1CCCc2ccccc21. The van der Waals surface area contributed by atoms with Gasteiger partial charge in [0.05, 0.1) is 6.04 Å². The number of rotatable bonds is 3. The zero-order chi connectivity index (χ0) is 14.8. The van der Waals surface area contributed by atoms with Crippen LogP contribution in [0.4, 0.5) is 8.78 Å². The van der Waals surface area contributed by atoms with Crippen LogP contribution < -0.4 is 11.3 Å². The van der Waals surface area contributed by atoms with E-state index in [0.717, 1.165) is 24.8 Å². The van der Waals surface area contributed by atoms with Gasteiger partial charge in [-0.3, -0.25) is 11.3 Å². The summed E-state index contributed by atoms with van der Waals surface area (Å²) in [5.41, 5.74) is 5.04. The second-order valence-corrected chi connectivity index (χ2v) is 5.48. The molecular formula is C17H18F2N2. The molecule has 0 saturated carbocycles. The molecule has 0 heterocycles. The second kappa shape index (κ2) is 5.92. The molecule has 0 fully saturated rings. The largest absolute Gasteiger partial charge is 0.271 e. The van der Waals surface area contributed by atoms with Gasteiger partial charge in [0.15, 0.2) is 0 Å².